The number of nitrogens with two attached hydrogens (primary N) is 1. The number of rotatable bonds is 12. The number of carbonyl (C=O) groups is 10. The molecule has 4 unspecified atom stereocenters. The Labute approximate surface area is 331 Å². The van der Waals surface area contributed by atoms with Crippen molar-refractivity contribution in [1.82, 2.24) is 42.5 Å². The number of aliphatic carboxylic acids is 1. The van der Waals surface area contributed by atoms with Crippen LogP contribution >= 0.6 is 0 Å². The molecule has 0 aromatic heterocycles. The van der Waals surface area contributed by atoms with Gasteiger partial charge in [-0.15, -0.1) is 0 Å². The Morgan fingerprint density at radius 1 is 0.759 bits per heavy atom. The summed E-state index contributed by atoms with van der Waals surface area (Å²) in [5, 5.41) is 78.2. The van der Waals surface area contributed by atoms with Crippen LogP contribution in [0, 0.1) is 5.92 Å². The summed E-state index contributed by atoms with van der Waals surface area (Å²) in [6.45, 7) is 3.98. The van der Waals surface area contributed by atoms with Gasteiger partial charge in [0.05, 0.1) is 19.3 Å². The van der Waals surface area contributed by atoms with Crippen molar-refractivity contribution in [2.24, 2.45) is 11.7 Å². The van der Waals surface area contributed by atoms with Gasteiger partial charge in [0.25, 0.3) is 5.91 Å². The third-order valence-electron chi connectivity index (χ3n) is 8.60. The van der Waals surface area contributed by atoms with Gasteiger partial charge in [-0.2, -0.15) is 0 Å². The average molecular weight is 832 g/mol. The monoisotopic (exact) mass is 831 g/mol. The molecule has 0 radical (unpaired) electrons. The van der Waals surface area contributed by atoms with Crippen LogP contribution in [-0.4, -0.2) is 170 Å². The van der Waals surface area contributed by atoms with Gasteiger partial charge in [0, 0.05) is 18.5 Å². The molecule has 1 saturated heterocycles. The molecule has 1 heterocycles. The van der Waals surface area contributed by atoms with Gasteiger partial charge in [-0.3, -0.25) is 47.9 Å². The minimum Gasteiger partial charge on any atom is -0.481 e. The first-order valence-corrected chi connectivity index (χ1v) is 17.8. The molecule has 1 aliphatic rings. The van der Waals surface area contributed by atoms with Crippen LogP contribution in [0.4, 0.5) is 0 Å². The summed E-state index contributed by atoms with van der Waals surface area (Å²) in [6.07, 6.45) is -8.93. The van der Waals surface area contributed by atoms with Crippen LogP contribution in [0.3, 0.4) is 0 Å². The van der Waals surface area contributed by atoms with Crippen LogP contribution in [0.1, 0.15) is 47.5 Å². The van der Waals surface area contributed by atoms with Gasteiger partial charge in [-0.05, 0) is 33.1 Å². The maximum Gasteiger partial charge on any atom is 0.303 e. The fourth-order valence-electron chi connectivity index (χ4n) is 4.95. The van der Waals surface area contributed by atoms with E-state index < -0.39 is 158 Å². The first kappa shape index (κ1) is 50.3. The number of allylic oxidation sites excluding steroid dienone is 1. The molecule has 1 rings (SSSR count). The van der Waals surface area contributed by atoms with E-state index in [0.29, 0.717) is 0 Å². The molecule has 9 amide bonds. The van der Waals surface area contributed by atoms with E-state index in [1.807, 2.05) is 10.6 Å². The average Bonchev–Trinajstić information content (AvgIpc) is 3.16. The quantitative estimate of drug-likeness (QED) is 0.0812. The molecule has 58 heavy (non-hydrogen) atoms. The predicted octanol–water partition coefficient (Wildman–Crippen LogP) is -8.43. The summed E-state index contributed by atoms with van der Waals surface area (Å²) in [7, 11) is 0. The van der Waals surface area contributed by atoms with E-state index in [4.69, 9.17) is 5.73 Å². The second-order valence-corrected chi connectivity index (χ2v) is 13.5. The van der Waals surface area contributed by atoms with Crippen molar-refractivity contribution in [1.29, 1.82) is 0 Å². The van der Waals surface area contributed by atoms with Crippen LogP contribution < -0.4 is 48.3 Å². The molecule has 16 N–H and O–H groups in total. The van der Waals surface area contributed by atoms with Crippen molar-refractivity contribution in [3.63, 3.8) is 0 Å². The number of carboxylic acid groups (broad SMARTS) is 1. The molecular formula is C33H53N9O16. The highest BCUT2D eigenvalue weighted by Gasteiger charge is 2.41. The Bertz CT molecular complexity index is 1590. The molecule has 326 valence electrons. The fourth-order valence-corrected chi connectivity index (χ4v) is 4.95. The number of amides is 9. The second-order valence-electron chi connectivity index (χ2n) is 13.5. The first-order valence-electron chi connectivity index (χ1n) is 17.8. The third kappa shape index (κ3) is 15.3. The lowest BCUT2D eigenvalue weighted by Crippen LogP contribution is -2.65. The minimum atomic E-state index is -2.51. The molecule has 0 bridgehead atoms. The Balaban J connectivity index is 3.84. The molecular weight excluding hydrogens is 778 g/mol. The largest absolute Gasteiger partial charge is 0.481 e. The summed E-state index contributed by atoms with van der Waals surface area (Å²) in [5.74, 6) is -13.7. The van der Waals surface area contributed by atoms with E-state index in [2.05, 4.69) is 31.9 Å². The van der Waals surface area contributed by atoms with E-state index in [9.17, 15) is 78.6 Å². The number of carbonyl (C=O) groups excluding carboxylic acids is 9. The van der Waals surface area contributed by atoms with Gasteiger partial charge in [0.1, 0.15) is 48.5 Å². The van der Waals surface area contributed by atoms with E-state index in [-0.39, 0.29) is 5.57 Å². The Kier molecular flexibility index (Phi) is 20.3. The molecule has 25 heteroatoms. The lowest BCUT2D eigenvalue weighted by molar-refractivity contribution is -0.144. The third-order valence-corrected chi connectivity index (χ3v) is 8.60. The minimum absolute atomic E-state index is 0.180. The molecule has 0 aliphatic carbocycles. The van der Waals surface area contributed by atoms with Gasteiger partial charge in [-0.1, -0.05) is 19.9 Å². The van der Waals surface area contributed by atoms with E-state index in [1.54, 1.807) is 0 Å². The molecule has 10 atom stereocenters. The Morgan fingerprint density at radius 2 is 1.26 bits per heavy atom. The zero-order chi connectivity index (χ0) is 44.6. The molecule has 0 saturated carbocycles. The first-order chi connectivity index (χ1) is 27.0. The highest BCUT2D eigenvalue weighted by atomic mass is 16.4. The lowest BCUT2D eigenvalue weighted by atomic mass is 9.99. The highest BCUT2D eigenvalue weighted by molar-refractivity contribution is 5.99. The van der Waals surface area contributed by atoms with Gasteiger partial charge in [0.15, 0.2) is 6.10 Å². The van der Waals surface area contributed by atoms with E-state index in [0.717, 1.165) is 6.92 Å². The van der Waals surface area contributed by atoms with Gasteiger partial charge < -0.3 is 78.9 Å². The normalized spacial score (nSPS) is 26.7. The number of β-amino-alcohol motifs (C(OH)–C–C–N with tert-alkyl or cyclic N) is 1. The smallest absolute Gasteiger partial charge is 0.303 e. The maximum atomic E-state index is 13.6. The van der Waals surface area contributed by atoms with Gasteiger partial charge in [-0.25, -0.2) is 0 Å². The second kappa shape index (κ2) is 23.5. The van der Waals surface area contributed by atoms with Crippen LogP contribution in [0.2, 0.25) is 0 Å². The fraction of sp³-hybridized carbons (Fsp3) is 0.636. The highest BCUT2D eigenvalue weighted by Crippen LogP contribution is 2.09. The van der Waals surface area contributed by atoms with Crippen molar-refractivity contribution < 1.29 is 78.6 Å². The lowest BCUT2D eigenvalue weighted by Gasteiger charge is -2.31. The maximum absolute atomic E-state index is 13.6. The molecule has 25 nitrogen and oxygen atoms in total. The number of hydrogen-bond acceptors (Lipinski definition) is 15. The van der Waals surface area contributed by atoms with Crippen LogP contribution in [0.25, 0.3) is 0 Å². The number of carboxylic acids is 1. The summed E-state index contributed by atoms with van der Waals surface area (Å²) >= 11 is 0. The van der Waals surface area contributed by atoms with E-state index >= 15 is 0 Å². The van der Waals surface area contributed by atoms with Crippen molar-refractivity contribution in [2.45, 2.75) is 108 Å². The number of hydrogen-bond donors (Lipinski definition) is 15. The molecule has 0 aromatic rings. The van der Waals surface area contributed by atoms with Crippen molar-refractivity contribution in [3.8, 4) is 0 Å². The van der Waals surface area contributed by atoms with Gasteiger partial charge >= 0.3 is 5.97 Å². The van der Waals surface area contributed by atoms with Gasteiger partial charge in [0.2, 0.25) is 47.3 Å². The number of aliphatic hydroxyl groups excluding tert-OH is 5. The molecule has 1 aliphatic heterocycles. The van der Waals surface area contributed by atoms with Crippen molar-refractivity contribution in [2.75, 3.05) is 19.7 Å². The molecule has 0 spiro atoms. The summed E-state index contributed by atoms with van der Waals surface area (Å²) < 4.78 is 0. The zero-order valence-electron chi connectivity index (χ0n) is 32.3. The summed E-state index contributed by atoms with van der Waals surface area (Å²) in [6, 6.07) is -11.5. The predicted molar refractivity (Wildman–Crippen MR) is 195 cm³/mol. The summed E-state index contributed by atoms with van der Waals surface area (Å²) in [5.41, 5.74) is 5.24. The topological polar surface area (TPSA) is 414 Å². The number of primary amides is 1. The SMILES string of the molecule is C/C=C(/C)C(=O)NC[C@@H]1NC(=O)C(CCC(=O)O)NC(=O)[C@@H](O)CNC(=O)[C@H]([C@@H](C)O)NC(=O)C(C(O)C(O)C(N)=O)NC(=O)[C@H](C(C)C)NC(=O)[C@H](CO)NC1=O. The summed E-state index contributed by atoms with van der Waals surface area (Å²) in [4.78, 5) is 129. The van der Waals surface area contributed by atoms with E-state index in [1.165, 1.54) is 33.8 Å². The standard InChI is InChI=1S/C33H53N9O16/c1-6-13(4)26(51)35-9-16-28(53)39-17(11-43)29(54)40-20(12(2)3)32(57)42-22(23(48)24(49)25(34)50)33(58)41-21(14(5)44)31(56)36-10-18(45)30(55)37-15(27(52)38-16)7-8-19(46)47/h6,12,14-18,20-24,43-45,48-49H,7-11H2,1-5H3,(H2,34,50)(H,35,51)(H,36,56)(H,37,55)(H,38,52)(H,39,53)(H,40,54)(H,41,58)(H,42,57)(H,46,47)/b13-6-/t14-,15?,16+,17+,18+,20+,21+,22?,23?,24?/m1/s1. The van der Waals surface area contributed by atoms with Crippen molar-refractivity contribution >= 4 is 59.1 Å². The number of nitrogens with one attached hydrogen (secondary N) is 8. The van der Waals surface area contributed by atoms with Crippen LogP contribution in [0.5, 0.6) is 0 Å². The molecule has 0 aromatic carbocycles. The van der Waals surface area contributed by atoms with Crippen LogP contribution in [0.15, 0.2) is 11.6 Å². The molecule has 1 fully saturated rings. The Hall–Kier alpha value is -5.76. The zero-order valence-corrected chi connectivity index (χ0v) is 32.3. The number of aliphatic hydroxyl groups is 5. The Morgan fingerprint density at radius 3 is 1.78 bits per heavy atom. The van der Waals surface area contributed by atoms with Crippen LogP contribution in [-0.2, 0) is 47.9 Å². The van der Waals surface area contributed by atoms with Crippen molar-refractivity contribution in [3.05, 3.63) is 11.6 Å².